The molecular weight excluding hydrogens is 172 g/mol. The first-order valence-corrected chi connectivity index (χ1v) is 6.28. The molecule has 82 valence electrons. The third-order valence-electron chi connectivity index (χ3n) is 3.82. The highest BCUT2D eigenvalue weighted by atomic mass is 15.2. The highest BCUT2D eigenvalue weighted by molar-refractivity contribution is 4.91. The molecule has 0 aromatic carbocycles. The summed E-state index contributed by atoms with van der Waals surface area (Å²) in [4.78, 5) is 2.71. The van der Waals surface area contributed by atoms with Gasteiger partial charge in [-0.25, -0.2) is 0 Å². The Morgan fingerprint density at radius 1 is 1.14 bits per heavy atom. The predicted octanol–water partition coefficient (Wildman–Crippen LogP) is 2.00. The highest BCUT2D eigenvalue weighted by Gasteiger charge is 2.32. The van der Waals surface area contributed by atoms with E-state index >= 15 is 0 Å². The van der Waals surface area contributed by atoms with Gasteiger partial charge in [0.05, 0.1) is 0 Å². The summed E-state index contributed by atoms with van der Waals surface area (Å²) in [6, 6.07) is 2.34. The molecule has 2 saturated heterocycles. The summed E-state index contributed by atoms with van der Waals surface area (Å²) in [5.74, 6) is 0. The molecule has 0 aliphatic carbocycles. The second-order valence-corrected chi connectivity index (χ2v) is 5.10. The van der Waals surface area contributed by atoms with E-state index in [1.165, 1.54) is 45.2 Å². The standard InChI is InChI=1S/C12H24N2/c1-10(2)14-9-4-3-7-12(14)11-6-5-8-13-11/h10-13H,3-9H2,1-2H3. The van der Waals surface area contributed by atoms with Gasteiger partial charge >= 0.3 is 0 Å². The third kappa shape index (κ3) is 2.12. The van der Waals surface area contributed by atoms with Crippen LogP contribution in [0.5, 0.6) is 0 Å². The van der Waals surface area contributed by atoms with Crippen LogP contribution in [0, 0.1) is 0 Å². The summed E-state index contributed by atoms with van der Waals surface area (Å²) in [5.41, 5.74) is 0. The molecule has 0 saturated carbocycles. The molecule has 2 heteroatoms. The molecule has 2 heterocycles. The van der Waals surface area contributed by atoms with Gasteiger partial charge in [0.2, 0.25) is 0 Å². The van der Waals surface area contributed by atoms with E-state index in [1.807, 2.05) is 0 Å². The minimum atomic E-state index is 0.725. The molecule has 2 rings (SSSR count). The average molecular weight is 196 g/mol. The Kier molecular flexibility index (Phi) is 3.45. The maximum atomic E-state index is 3.67. The quantitative estimate of drug-likeness (QED) is 0.726. The second kappa shape index (κ2) is 4.63. The van der Waals surface area contributed by atoms with Crippen LogP contribution in [0.2, 0.25) is 0 Å². The van der Waals surface area contributed by atoms with Crippen LogP contribution in [0.1, 0.15) is 46.0 Å². The predicted molar refractivity (Wildman–Crippen MR) is 60.5 cm³/mol. The van der Waals surface area contributed by atoms with Gasteiger partial charge in [-0.15, -0.1) is 0 Å². The summed E-state index contributed by atoms with van der Waals surface area (Å²) >= 11 is 0. The van der Waals surface area contributed by atoms with Crippen LogP contribution < -0.4 is 5.32 Å². The van der Waals surface area contributed by atoms with Crippen LogP contribution in [0.3, 0.4) is 0 Å². The molecule has 1 N–H and O–H groups in total. The lowest BCUT2D eigenvalue weighted by Gasteiger charge is -2.41. The van der Waals surface area contributed by atoms with Crippen LogP contribution in [0.4, 0.5) is 0 Å². The molecule has 0 radical (unpaired) electrons. The van der Waals surface area contributed by atoms with Gasteiger partial charge in [-0.05, 0) is 52.6 Å². The van der Waals surface area contributed by atoms with Gasteiger partial charge in [0.25, 0.3) is 0 Å². The van der Waals surface area contributed by atoms with E-state index in [9.17, 15) is 0 Å². The van der Waals surface area contributed by atoms with Gasteiger partial charge in [-0.2, -0.15) is 0 Å². The summed E-state index contributed by atoms with van der Waals surface area (Å²) in [7, 11) is 0. The molecule has 0 spiro atoms. The van der Waals surface area contributed by atoms with Crippen LogP contribution in [-0.2, 0) is 0 Å². The summed E-state index contributed by atoms with van der Waals surface area (Å²) in [6.07, 6.45) is 7.03. The van der Waals surface area contributed by atoms with Crippen molar-refractivity contribution in [3.63, 3.8) is 0 Å². The monoisotopic (exact) mass is 196 g/mol. The van der Waals surface area contributed by atoms with Crippen molar-refractivity contribution in [2.75, 3.05) is 13.1 Å². The molecule has 2 nitrogen and oxygen atoms in total. The highest BCUT2D eigenvalue weighted by Crippen LogP contribution is 2.25. The number of hydrogen-bond acceptors (Lipinski definition) is 2. The first-order valence-electron chi connectivity index (χ1n) is 6.28. The Labute approximate surface area is 88.1 Å². The fourth-order valence-electron chi connectivity index (χ4n) is 3.09. The molecule has 2 aliphatic heterocycles. The summed E-state index contributed by atoms with van der Waals surface area (Å²) in [6.45, 7) is 7.24. The maximum absolute atomic E-state index is 3.67. The first kappa shape index (κ1) is 10.4. The zero-order valence-corrected chi connectivity index (χ0v) is 9.63. The van der Waals surface area contributed by atoms with Crippen molar-refractivity contribution in [3.8, 4) is 0 Å². The fraction of sp³-hybridized carbons (Fsp3) is 1.00. The Morgan fingerprint density at radius 3 is 2.64 bits per heavy atom. The Bertz CT molecular complexity index is 173. The second-order valence-electron chi connectivity index (χ2n) is 5.10. The van der Waals surface area contributed by atoms with Gasteiger partial charge in [0.1, 0.15) is 0 Å². The lowest BCUT2D eigenvalue weighted by molar-refractivity contribution is 0.0881. The van der Waals surface area contributed by atoms with Crippen LogP contribution in [0.25, 0.3) is 0 Å². The molecule has 2 atom stereocenters. The van der Waals surface area contributed by atoms with Crippen molar-refractivity contribution < 1.29 is 0 Å². The number of likely N-dealkylation sites (tertiary alicyclic amines) is 1. The van der Waals surface area contributed by atoms with Crippen LogP contribution >= 0.6 is 0 Å². The van der Waals surface area contributed by atoms with E-state index in [4.69, 9.17) is 0 Å². The molecule has 0 bridgehead atoms. The average Bonchev–Trinajstić information content (AvgIpc) is 2.70. The minimum absolute atomic E-state index is 0.725. The van der Waals surface area contributed by atoms with Crippen LogP contribution in [-0.4, -0.2) is 36.1 Å². The molecule has 2 unspecified atom stereocenters. The number of rotatable bonds is 2. The molecule has 14 heavy (non-hydrogen) atoms. The van der Waals surface area contributed by atoms with E-state index in [-0.39, 0.29) is 0 Å². The number of hydrogen-bond donors (Lipinski definition) is 1. The largest absolute Gasteiger partial charge is 0.312 e. The summed E-state index contributed by atoms with van der Waals surface area (Å²) < 4.78 is 0. The van der Waals surface area contributed by atoms with Gasteiger partial charge in [-0.1, -0.05) is 6.42 Å². The number of nitrogens with zero attached hydrogens (tertiary/aromatic N) is 1. The third-order valence-corrected chi connectivity index (χ3v) is 3.82. The molecule has 0 aromatic rings. The van der Waals surface area contributed by atoms with E-state index in [1.54, 1.807) is 0 Å². The van der Waals surface area contributed by atoms with Gasteiger partial charge in [0, 0.05) is 18.1 Å². The van der Waals surface area contributed by atoms with Crippen molar-refractivity contribution >= 4 is 0 Å². The first-order chi connectivity index (χ1) is 6.79. The van der Waals surface area contributed by atoms with Crippen molar-refractivity contribution in [1.82, 2.24) is 10.2 Å². The van der Waals surface area contributed by atoms with Crippen molar-refractivity contribution in [3.05, 3.63) is 0 Å². The number of nitrogens with one attached hydrogen (secondary N) is 1. The zero-order chi connectivity index (χ0) is 9.97. The molecular formula is C12H24N2. The molecule has 0 aromatic heterocycles. The Morgan fingerprint density at radius 2 is 2.00 bits per heavy atom. The van der Waals surface area contributed by atoms with E-state index in [0.717, 1.165) is 18.1 Å². The van der Waals surface area contributed by atoms with Crippen molar-refractivity contribution in [2.24, 2.45) is 0 Å². The normalized spacial score (nSPS) is 35.4. The molecule has 2 aliphatic rings. The van der Waals surface area contributed by atoms with Gasteiger partial charge in [0.15, 0.2) is 0 Å². The Balaban J connectivity index is 1.98. The van der Waals surface area contributed by atoms with E-state index in [2.05, 4.69) is 24.1 Å². The Hall–Kier alpha value is -0.0800. The smallest absolute Gasteiger partial charge is 0.0252 e. The van der Waals surface area contributed by atoms with Crippen molar-refractivity contribution in [1.29, 1.82) is 0 Å². The van der Waals surface area contributed by atoms with Gasteiger partial charge < -0.3 is 5.32 Å². The fourth-order valence-corrected chi connectivity index (χ4v) is 3.09. The molecule has 0 amide bonds. The SMILES string of the molecule is CC(C)N1CCCCC1C1CCCN1. The number of piperidine rings is 1. The van der Waals surface area contributed by atoms with E-state index in [0.29, 0.717) is 0 Å². The summed E-state index contributed by atoms with van der Waals surface area (Å²) in [5, 5.41) is 3.67. The lowest BCUT2D eigenvalue weighted by atomic mass is 9.93. The van der Waals surface area contributed by atoms with Crippen LogP contribution in [0.15, 0.2) is 0 Å². The minimum Gasteiger partial charge on any atom is -0.312 e. The van der Waals surface area contributed by atoms with Gasteiger partial charge in [-0.3, -0.25) is 4.90 Å². The lowest BCUT2D eigenvalue weighted by Crippen LogP contribution is -2.52. The molecule has 2 fully saturated rings. The van der Waals surface area contributed by atoms with E-state index < -0.39 is 0 Å². The van der Waals surface area contributed by atoms with Crippen molar-refractivity contribution in [2.45, 2.75) is 64.1 Å². The maximum Gasteiger partial charge on any atom is 0.0252 e. The zero-order valence-electron chi connectivity index (χ0n) is 9.63. The topological polar surface area (TPSA) is 15.3 Å².